The van der Waals surface area contributed by atoms with Gasteiger partial charge in [0.25, 0.3) is 0 Å². The lowest BCUT2D eigenvalue weighted by Crippen LogP contribution is -2.21. The Morgan fingerprint density at radius 2 is 2.12 bits per heavy atom. The van der Waals surface area contributed by atoms with E-state index in [4.69, 9.17) is 14.6 Å². The number of carboxylic acid groups (broad SMARTS) is 1. The molecule has 0 unspecified atom stereocenters. The number of halogens is 1. The number of rotatable bonds is 2. The molecular weight excluding hydrogens is 215 g/mol. The molecule has 1 heterocycles. The van der Waals surface area contributed by atoms with Crippen molar-refractivity contribution in [1.82, 2.24) is 0 Å². The fourth-order valence-corrected chi connectivity index (χ4v) is 2.03. The van der Waals surface area contributed by atoms with Crippen LogP contribution in [0.4, 0.5) is 4.39 Å². The normalized spacial score (nSPS) is 19.6. The number of carbonyl (C=O) groups is 1. The maximum atomic E-state index is 14.0. The third-order valence-electron chi connectivity index (χ3n) is 3.15. The molecule has 1 N–H and O–H groups in total. The van der Waals surface area contributed by atoms with Gasteiger partial charge in [-0.05, 0) is 18.9 Å². The summed E-state index contributed by atoms with van der Waals surface area (Å²) in [6.45, 7) is -0.0181. The van der Waals surface area contributed by atoms with E-state index in [0.29, 0.717) is 18.6 Å². The van der Waals surface area contributed by atoms with Crippen molar-refractivity contribution in [1.29, 1.82) is 0 Å². The highest BCUT2D eigenvalue weighted by Gasteiger charge is 2.54. The van der Waals surface area contributed by atoms with Gasteiger partial charge in [-0.1, -0.05) is 6.07 Å². The Bertz CT molecular complexity index is 479. The van der Waals surface area contributed by atoms with Gasteiger partial charge in [0, 0.05) is 5.56 Å². The number of hydrogen-bond donors (Lipinski definition) is 1. The molecule has 3 rings (SSSR count). The van der Waals surface area contributed by atoms with Crippen LogP contribution in [-0.2, 0) is 10.2 Å². The van der Waals surface area contributed by atoms with E-state index in [1.165, 1.54) is 6.07 Å². The maximum absolute atomic E-state index is 14.0. The summed E-state index contributed by atoms with van der Waals surface area (Å²) >= 11 is 0. The van der Waals surface area contributed by atoms with E-state index in [-0.39, 0.29) is 18.1 Å². The first kappa shape index (κ1) is 9.45. The Hall–Kier alpha value is -1.78. The average Bonchev–Trinajstić information content (AvgIpc) is 2.90. The summed E-state index contributed by atoms with van der Waals surface area (Å²) in [5.41, 5.74) is -0.852. The molecule has 0 spiro atoms. The van der Waals surface area contributed by atoms with Gasteiger partial charge in [-0.25, -0.2) is 4.39 Å². The molecule has 4 nitrogen and oxygen atoms in total. The number of fused-ring (bicyclic) bond motifs is 1. The minimum absolute atomic E-state index is 0.0181. The molecular formula is C11H9FO4. The zero-order chi connectivity index (χ0) is 11.3. The predicted molar refractivity (Wildman–Crippen MR) is 51.1 cm³/mol. The summed E-state index contributed by atoms with van der Waals surface area (Å²) in [7, 11) is 0. The predicted octanol–water partition coefficient (Wildman–Crippen LogP) is 1.67. The summed E-state index contributed by atoms with van der Waals surface area (Å²) in [6, 6.07) is 3.04. The number of benzene rings is 1. The highest BCUT2D eigenvalue weighted by Crippen LogP contribution is 2.52. The van der Waals surface area contributed by atoms with Crippen molar-refractivity contribution >= 4 is 5.97 Å². The van der Waals surface area contributed by atoms with E-state index in [1.54, 1.807) is 6.07 Å². The Morgan fingerprint density at radius 3 is 2.75 bits per heavy atom. The molecule has 0 amide bonds. The quantitative estimate of drug-likeness (QED) is 0.830. The van der Waals surface area contributed by atoms with Crippen molar-refractivity contribution in [2.24, 2.45) is 0 Å². The summed E-state index contributed by atoms with van der Waals surface area (Å²) in [5.74, 6) is -1.22. The number of carboxylic acids is 1. The Balaban J connectivity index is 2.13. The molecule has 1 aliphatic heterocycles. The molecule has 2 aliphatic rings. The molecule has 1 aliphatic carbocycles. The van der Waals surface area contributed by atoms with Gasteiger partial charge >= 0.3 is 5.97 Å². The van der Waals surface area contributed by atoms with Crippen LogP contribution in [0.3, 0.4) is 0 Å². The molecule has 0 atom stereocenters. The van der Waals surface area contributed by atoms with Crippen molar-refractivity contribution in [3.8, 4) is 11.5 Å². The second-order valence-corrected chi connectivity index (χ2v) is 4.05. The van der Waals surface area contributed by atoms with Gasteiger partial charge in [0.05, 0.1) is 5.41 Å². The van der Waals surface area contributed by atoms with Gasteiger partial charge in [0.2, 0.25) is 12.5 Å². The number of ether oxygens (including phenoxy) is 2. The first-order valence-corrected chi connectivity index (χ1v) is 4.97. The van der Waals surface area contributed by atoms with Crippen molar-refractivity contribution < 1.29 is 23.8 Å². The Kier molecular flexibility index (Phi) is 1.70. The fraction of sp³-hybridized carbons (Fsp3) is 0.364. The lowest BCUT2D eigenvalue weighted by Gasteiger charge is -2.12. The van der Waals surface area contributed by atoms with Crippen LogP contribution >= 0.6 is 0 Å². The van der Waals surface area contributed by atoms with Gasteiger partial charge in [0.15, 0.2) is 11.6 Å². The lowest BCUT2D eigenvalue weighted by atomic mass is 9.95. The third kappa shape index (κ3) is 1.05. The van der Waals surface area contributed by atoms with E-state index in [9.17, 15) is 9.18 Å². The highest BCUT2D eigenvalue weighted by molar-refractivity contribution is 5.85. The Morgan fingerprint density at radius 1 is 1.38 bits per heavy atom. The molecule has 0 bridgehead atoms. The van der Waals surface area contributed by atoms with E-state index in [1.807, 2.05) is 0 Å². The largest absolute Gasteiger partial charge is 0.481 e. The Labute approximate surface area is 90.6 Å². The van der Waals surface area contributed by atoms with Crippen molar-refractivity contribution in [2.45, 2.75) is 18.3 Å². The molecule has 0 saturated heterocycles. The summed E-state index contributed by atoms with van der Waals surface area (Å²) < 4.78 is 24.0. The molecule has 1 saturated carbocycles. The van der Waals surface area contributed by atoms with Crippen LogP contribution in [0.5, 0.6) is 11.5 Å². The van der Waals surface area contributed by atoms with Crippen LogP contribution in [0.15, 0.2) is 12.1 Å². The molecule has 1 aromatic rings. The molecule has 1 fully saturated rings. The van der Waals surface area contributed by atoms with E-state index >= 15 is 0 Å². The van der Waals surface area contributed by atoms with Crippen LogP contribution in [-0.4, -0.2) is 17.9 Å². The van der Waals surface area contributed by atoms with Crippen molar-refractivity contribution in [3.05, 3.63) is 23.5 Å². The van der Waals surface area contributed by atoms with Gasteiger partial charge in [-0.3, -0.25) is 4.79 Å². The molecule has 0 radical (unpaired) electrons. The van der Waals surface area contributed by atoms with E-state index < -0.39 is 17.2 Å². The van der Waals surface area contributed by atoms with Crippen molar-refractivity contribution in [3.63, 3.8) is 0 Å². The summed E-state index contributed by atoms with van der Waals surface area (Å²) in [5, 5.41) is 9.09. The summed E-state index contributed by atoms with van der Waals surface area (Å²) in [6.07, 6.45) is 0.942. The third-order valence-corrected chi connectivity index (χ3v) is 3.15. The van der Waals surface area contributed by atoms with Crippen LogP contribution in [0.2, 0.25) is 0 Å². The minimum Gasteiger partial charge on any atom is -0.481 e. The van der Waals surface area contributed by atoms with Crippen molar-refractivity contribution in [2.75, 3.05) is 6.79 Å². The topological polar surface area (TPSA) is 55.8 Å². The molecule has 16 heavy (non-hydrogen) atoms. The van der Waals surface area contributed by atoms with Gasteiger partial charge in [-0.2, -0.15) is 0 Å². The van der Waals surface area contributed by atoms with Crippen LogP contribution in [0.25, 0.3) is 0 Å². The molecule has 84 valence electrons. The zero-order valence-electron chi connectivity index (χ0n) is 8.33. The van der Waals surface area contributed by atoms with Gasteiger partial charge in [0.1, 0.15) is 0 Å². The molecule has 1 aromatic carbocycles. The van der Waals surface area contributed by atoms with E-state index in [0.717, 1.165) is 0 Å². The van der Waals surface area contributed by atoms with E-state index in [2.05, 4.69) is 0 Å². The fourth-order valence-electron chi connectivity index (χ4n) is 2.03. The summed E-state index contributed by atoms with van der Waals surface area (Å²) in [4.78, 5) is 11.1. The maximum Gasteiger partial charge on any atom is 0.314 e. The smallest absolute Gasteiger partial charge is 0.314 e. The van der Waals surface area contributed by atoms with Gasteiger partial charge in [-0.15, -0.1) is 0 Å². The zero-order valence-corrected chi connectivity index (χ0v) is 8.33. The number of aliphatic carboxylic acids is 1. The van der Waals surface area contributed by atoms with Crippen LogP contribution in [0, 0.1) is 5.82 Å². The molecule has 0 aromatic heterocycles. The monoisotopic (exact) mass is 224 g/mol. The van der Waals surface area contributed by atoms with Crippen LogP contribution in [0.1, 0.15) is 18.4 Å². The first-order valence-electron chi connectivity index (χ1n) is 4.97. The number of hydrogen-bond acceptors (Lipinski definition) is 3. The second-order valence-electron chi connectivity index (χ2n) is 4.05. The first-order chi connectivity index (χ1) is 7.65. The average molecular weight is 224 g/mol. The highest BCUT2D eigenvalue weighted by atomic mass is 19.1. The standard InChI is InChI=1S/C11H9FO4/c12-8-6(11(3-4-11)10(13)14)1-2-7-9(8)16-5-15-7/h1-2H,3-5H2,(H,13,14). The SMILES string of the molecule is O=C(O)C1(c2ccc3c(c2F)OCO3)CC1. The second kappa shape index (κ2) is 2.87. The van der Waals surface area contributed by atoms with Gasteiger partial charge < -0.3 is 14.6 Å². The van der Waals surface area contributed by atoms with Crippen LogP contribution < -0.4 is 9.47 Å². The lowest BCUT2D eigenvalue weighted by molar-refractivity contribution is -0.140. The minimum atomic E-state index is -1.05. The molecule has 5 heteroatoms.